The summed E-state index contributed by atoms with van der Waals surface area (Å²) in [5.74, 6) is -0.757. The summed E-state index contributed by atoms with van der Waals surface area (Å²) in [6, 6.07) is -0.428. The maximum Gasteiger partial charge on any atom is 0.320 e. The minimum atomic E-state index is -0.757. The van der Waals surface area contributed by atoms with Crippen molar-refractivity contribution in [2.45, 2.75) is 38.8 Å². The quantitative estimate of drug-likeness (QED) is 0.685. The fraction of sp³-hybridized carbons (Fsp3) is 0.917. The third-order valence-corrected chi connectivity index (χ3v) is 3.16. The second-order valence-corrected chi connectivity index (χ2v) is 4.44. The Bertz CT molecular complexity index is 236. The molecule has 0 radical (unpaired) electrons. The van der Waals surface area contributed by atoms with Crippen molar-refractivity contribution in [2.75, 3.05) is 32.8 Å². The Hall–Kier alpha value is -0.650. The van der Waals surface area contributed by atoms with Crippen LogP contribution in [-0.4, -0.2) is 60.9 Å². The van der Waals surface area contributed by atoms with Crippen LogP contribution in [0, 0.1) is 0 Å². The number of aliphatic carboxylic acids is 1. The van der Waals surface area contributed by atoms with Crippen LogP contribution in [0.15, 0.2) is 0 Å². The van der Waals surface area contributed by atoms with Gasteiger partial charge < -0.3 is 15.2 Å². The number of rotatable bonds is 7. The number of nitrogens with one attached hydrogen (secondary N) is 1. The van der Waals surface area contributed by atoms with Crippen molar-refractivity contribution in [3.05, 3.63) is 0 Å². The van der Waals surface area contributed by atoms with Crippen molar-refractivity contribution in [2.24, 2.45) is 0 Å². The molecule has 0 saturated carbocycles. The second kappa shape index (κ2) is 7.63. The largest absolute Gasteiger partial charge is 0.480 e. The topological polar surface area (TPSA) is 61.8 Å². The first-order chi connectivity index (χ1) is 8.17. The summed E-state index contributed by atoms with van der Waals surface area (Å²) in [4.78, 5) is 13.3. The van der Waals surface area contributed by atoms with Gasteiger partial charge in [-0.3, -0.25) is 9.69 Å². The predicted octanol–water partition coefficient (Wildman–Crippen LogP) is 0.550. The van der Waals surface area contributed by atoms with Gasteiger partial charge in [0.15, 0.2) is 0 Å². The van der Waals surface area contributed by atoms with E-state index in [9.17, 15) is 4.79 Å². The molecule has 0 aromatic carbocycles. The van der Waals surface area contributed by atoms with E-state index in [-0.39, 0.29) is 0 Å². The Balaban J connectivity index is 2.30. The van der Waals surface area contributed by atoms with Gasteiger partial charge in [-0.05, 0) is 19.4 Å². The third kappa shape index (κ3) is 5.02. The Kier molecular flexibility index (Phi) is 6.47. The molecule has 1 aliphatic rings. The molecule has 1 aliphatic heterocycles. The molecule has 2 unspecified atom stereocenters. The van der Waals surface area contributed by atoms with Gasteiger partial charge in [0, 0.05) is 19.6 Å². The van der Waals surface area contributed by atoms with E-state index >= 15 is 0 Å². The molecule has 1 saturated heterocycles. The highest BCUT2D eigenvalue weighted by Gasteiger charge is 2.21. The highest BCUT2D eigenvalue weighted by atomic mass is 16.5. The van der Waals surface area contributed by atoms with E-state index in [4.69, 9.17) is 9.84 Å². The summed E-state index contributed by atoms with van der Waals surface area (Å²) in [6.07, 6.45) is 1.98. The van der Waals surface area contributed by atoms with Crippen molar-refractivity contribution >= 4 is 5.97 Å². The maximum atomic E-state index is 11.0. The summed E-state index contributed by atoms with van der Waals surface area (Å²) in [5.41, 5.74) is 0. The van der Waals surface area contributed by atoms with Gasteiger partial charge in [-0.25, -0.2) is 0 Å². The SMILES string of the molecule is CCNC(CCN1CCOC(CC)C1)C(=O)O. The molecule has 0 spiro atoms. The number of ether oxygens (including phenoxy) is 1. The number of hydrogen-bond acceptors (Lipinski definition) is 4. The summed E-state index contributed by atoms with van der Waals surface area (Å²) in [5, 5.41) is 12.0. The van der Waals surface area contributed by atoms with E-state index in [2.05, 4.69) is 17.1 Å². The number of carbonyl (C=O) groups is 1. The standard InChI is InChI=1S/C12H24N2O3/c1-3-10-9-14(7-8-17-10)6-5-11(12(15)16)13-4-2/h10-11,13H,3-9H2,1-2H3,(H,15,16). The van der Waals surface area contributed by atoms with Crippen LogP contribution in [0.3, 0.4) is 0 Å². The summed E-state index contributed by atoms with van der Waals surface area (Å²) in [7, 11) is 0. The average molecular weight is 244 g/mol. The molecule has 100 valence electrons. The van der Waals surface area contributed by atoms with Crippen molar-refractivity contribution in [3.8, 4) is 0 Å². The first-order valence-corrected chi connectivity index (χ1v) is 6.47. The first kappa shape index (κ1) is 14.4. The van der Waals surface area contributed by atoms with Crippen LogP contribution in [0.1, 0.15) is 26.7 Å². The molecule has 1 fully saturated rings. The molecular formula is C12H24N2O3. The molecule has 1 heterocycles. The number of nitrogens with zero attached hydrogens (tertiary/aromatic N) is 1. The zero-order valence-electron chi connectivity index (χ0n) is 10.8. The van der Waals surface area contributed by atoms with Crippen LogP contribution >= 0.6 is 0 Å². The Morgan fingerprint density at radius 1 is 1.59 bits per heavy atom. The number of morpholine rings is 1. The lowest BCUT2D eigenvalue weighted by Gasteiger charge is -2.33. The molecule has 5 heteroatoms. The fourth-order valence-electron chi connectivity index (χ4n) is 2.10. The van der Waals surface area contributed by atoms with Gasteiger partial charge in [-0.15, -0.1) is 0 Å². The van der Waals surface area contributed by atoms with Crippen LogP contribution in [0.2, 0.25) is 0 Å². The molecule has 17 heavy (non-hydrogen) atoms. The van der Waals surface area contributed by atoms with E-state index < -0.39 is 12.0 Å². The zero-order chi connectivity index (χ0) is 12.7. The van der Waals surface area contributed by atoms with Crippen molar-refractivity contribution in [1.29, 1.82) is 0 Å². The number of carboxylic acid groups (broad SMARTS) is 1. The molecule has 0 aromatic rings. The van der Waals surface area contributed by atoms with E-state index in [0.717, 1.165) is 32.7 Å². The Morgan fingerprint density at radius 3 is 2.94 bits per heavy atom. The summed E-state index contributed by atoms with van der Waals surface area (Å²) >= 11 is 0. The van der Waals surface area contributed by atoms with Crippen LogP contribution in [-0.2, 0) is 9.53 Å². The van der Waals surface area contributed by atoms with E-state index in [0.29, 0.717) is 19.1 Å². The number of hydrogen-bond donors (Lipinski definition) is 2. The lowest BCUT2D eigenvalue weighted by Crippen LogP contribution is -2.45. The monoisotopic (exact) mass is 244 g/mol. The molecule has 1 rings (SSSR count). The molecule has 0 aliphatic carbocycles. The van der Waals surface area contributed by atoms with Gasteiger partial charge in [0.05, 0.1) is 12.7 Å². The molecule has 2 N–H and O–H groups in total. The Labute approximate surface area is 103 Å². The summed E-state index contributed by atoms with van der Waals surface area (Å²) in [6.45, 7) is 8.16. The smallest absolute Gasteiger partial charge is 0.320 e. The molecular weight excluding hydrogens is 220 g/mol. The second-order valence-electron chi connectivity index (χ2n) is 4.44. The fourth-order valence-corrected chi connectivity index (χ4v) is 2.10. The number of likely N-dealkylation sites (N-methyl/N-ethyl adjacent to an activating group) is 1. The van der Waals surface area contributed by atoms with E-state index in [1.807, 2.05) is 6.92 Å². The van der Waals surface area contributed by atoms with E-state index in [1.54, 1.807) is 0 Å². The zero-order valence-corrected chi connectivity index (χ0v) is 10.8. The molecule has 0 amide bonds. The Morgan fingerprint density at radius 2 is 2.35 bits per heavy atom. The lowest BCUT2D eigenvalue weighted by molar-refractivity contribution is -0.139. The van der Waals surface area contributed by atoms with Crippen LogP contribution in [0.25, 0.3) is 0 Å². The van der Waals surface area contributed by atoms with Crippen molar-refractivity contribution < 1.29 is 14.6 Å². The highest BCUT2D eigenvalue weighted by Crippen LogP contribution is 2.09. The molecule has 2 atom stereocenters. The lowest BCUT2D eigenvalue weighted by atomic mass is 10.1. The molecule has 0 bridgehead atoms. The van der Waals surface area contributed by atoms with Gasteiger partial charge in [0.1, 0.15) is 6.04 Å². The third-order valence-electron chi connectivity index (χ3n) is 3.16. The highest BCUT2D eigenvalue weighted by molar-refractivity contribution is 5.73. The van der Waals surface area contributed by atoms with Crippen LogP contribution in [0.4, 0.5) is 0 Å². The first-order valence-electron chi connectivity index (χ1n) is 6.47. The van der Waals surface area contributed by atoms with Crippen molar-refractivity contribution in [1.82, 2.24) is 10.2 Å². The van der Waals surface area contributed by atoms with Gasteiger partial charge in [0.2, 0.25) is 0 Å². The van der Waals surface area contributed by atoms with Gasteiger partial charge in [0.25, 0.3) is 0 Å². The van der Waals surface area contributed by atoms with Crippen LogP contribution < -0.4 is 5.32 Å². The summed E-state index contributed by atoms with van der Waals surface area (Å²) < 4.78 is 5.59. The maximum absolute atomic E-state index is 11.0. The van der Waals surface area contributed by atoms with Crippen LogP contribution in [0.5, 0.6) is 0 Å². The minimum Gasteiger partial charge on any atom is -0.480 e. The predicted molar refractivity (Wildman–Crippen MR) is 66.2 cm³/mol. The molecule has 0 aromatic heterocycles. The number of carboxylic acids is 1. The van der Waals surface area contributed by atoms with Gasteiger partial charge in [-0.2, -0.15) is 0 Å². The van der Waals surface area contributed by atoms with Gasteiger partial charge >= 0.3 is 5.97 Å². The van der Waals surface area contributed by atoms with Crippen molar-refractivity contribution in [3.63, 3.8) is 0 Å². The molecule has 5 nitrogen and oxygen atoms in total. The minimum absolute atomic E-state index is 0.311. The average Bonchev–Trinajstić information content (AvgIpc) is 2.34. The normalized spacial score (nSPS) is 23.5. The van der Waals surface area contributed by atoms with E-state index in [1.165, 1.54) is 0 Å². The van der Waals surface area contributed by atoms with Gasteiger partial charge in [-0.1, -0.05) is 13.8 Å².